The van der Waals surface area contributed by atoms with Crippen molar-refractivity contribution in [3.63, 3.8) is 0 Å². The second-order valence-electron chi connectivity index (χ2n) is 6.07. The molecule has 1 fully saturated rings. The molecule has 3 rings (SSSR count). The summed E-state index contributed by atoms with van der Waals surface area (Å²) < 4.78 is 0. The number of hydrogen-bond donors (Lipinski definition) is 1. The van der Waals surface area contributed by atoms with Crippen molar-refractivity contribution < 1.29 is 0 Å². The van der Waals surface area contributed by atoms with Gasteiger partial charge in [0.25, 0.3) is 0 Å². The fourth-order valence-electron chi connectivity index (χ4n) is 2.76. The van der Waals surface area contributed by atoms with Gasteiger partial charge in [-0.3, -0.25) is 4.90 Å². The number of anilines is 1. The van der Waals surface area contributed by atoms with Crippen LogP contribution in [0.25, 0.3) is 11.1 Å². The van der Waals surface area contributed by atoms with E-state index in [-0.39, 0.29) is 0 Å². The van der Waals surface area contributed by atoms with Crippen molar-refractivity contribution in [3.8, 4) is 11.1 Å². The van der Waals surface area contributed by atoms with Gasteiger partial charge in [-0.2, -0.15) is 0 Å². The highest BCUT2D eigenvalue weighted by Gasteiger charge is 2.15. The number of nitrogen functional groups attached to an aromatic ring is 1. The average molecular weight is 336 g/mol. The Morgan fingerprint density at radius 3 is 2.55 bits per heavy atom. The maximum atomic E-state index is 6.21. The minimum Gasteiger partial charge on any atom is -0.397 e. The SMILES string of the molecule is Cc1cc(-c2csc(CN3CCN(C)CC3)c2)cc(Cl)c1N. The van der Waals surface area contributed by atoms with E-state index in [0.29, 0.717) is 10.7 Å². The summed E-state index contributed by atoms with van der Waals surface area (Å²) in [6.45, 7) is 7.66. The maximum Gasteiger partial charge on any atom is 0.0644 e. The van der Waals surface area contributed by atoms with Crippen molar-refractivity contribution in [2.24, 2.45) is 0 Å². The topological polar surface area (TPSA) is 32.5 Å². The van der Waals surface area contributed by atoms with Crippen LogP contribution >= 0.6 is 22.9 Å². The van der Waals surface area contributed by atoms with Crippen LogP contribution in [0.3, 0.4) is 0 Å². The van der Waals surface area contributed by atoms with Gasteiger partial charge in [0.1, 0.15) is 0 Å². The molecule has 1 saturated heterocycles. The molecular formula is C17H22ClN3S. The first-order valence-electron chi connectivity index (χ1n) is 7.57. The van der Waals surface area contributed by atoms with Gasteiger partial charge < -0.3 is 10.6 Å². The zero-order valence-electron chi connectivity index (χ0n) is 13.1. The Hall–Kier alpha value is -1.07. The van der Waals surface area contributed by atoms with Gasteiger partial charge >= 0.3 is 0 Å². The molecule has 0 spiro atoms. The lowest BCUT2D eigenvalue weighted by molar-refractivity contribution is 0.149. The second kappa shape index (κ2) is 6.59. The standard InChI is InChI=1S/C17H22ClN3S/c1-12-7-13(9-16(18)17(12)19)14-8-15(22-11-14)10-21-5-3-20(2)4-6-21/h7-9,11H,3-6,10,19H2,1-2H3. The highest BCUT2D eigenvalue weighted by atomic mass is 35.5. The van der Waals surface area contributed by atoms with Crippen molar-refractivity contribution in [1.29, 1.82) is 0 Å². The lowest BCUT2D eigenvalue weighted by atomic mass is 10.0. The van der Waals surface area contributed by atoms with Crippen molar-refractivity contribution >= 4 is 28.6 Å². The fourth-order valence-corrected chi connectivity index (χ4v) is 3.96. The minimum atomic E-state index is 0.641. The number of likely N-dealkylation sites (N-methyl/N-ethyl adjacent to an activating group) is 1. The molecule has 0 amide bonds. The smallest absolute Gasteiger partial charge is 0.0644 e. The predicted molar refractivity (Wildman–Crippen MR) is 96.7 cm³/mol. The molecule has 1 aliphatic heterocycles. The van der Waals surface area contributed by atoms with Gasteiger partial charge in [-0.25, -0.2) is 0 Å². The first kappa shape index (κ1) is 15.8. The molecule has 0 saturated carbocycles. The van der Waals surface area contributed by atoms with Gasteiger partial charge in [0, 0.05) is 37.6 Å². The summed E-state index contributed by atoms with van der Waals surface area (Å²) in [6.07, 6.45) is 0. The normalized spacial score (nSPS) is 17.0. The molecule has 0 bridgehead atoms. The van der Waals surface area contributed by atoms with Crippen LogP contribution in [-0.4, -0.2) is 43.0 Å². The molecule has 0 radical (unpaired) electrons. The predicted octanol–water partition coefficient (Wildman–Crippen LogP) is 3.71. The molecule has 0 atom stereocenters. The Morgan fingerprint density at radius 2 is 1.86 bits per heavy atom. The Bertz CT molecular complexity index is 637. The molecular weight excluding hydrogens is 314 g/mol. The van der Waals surface area contributed by atoms with E-state index in [4.69, 9.17) is 17.3 Å². The van der Waals surface area contributed by atoms with Gasteiger partial charge in [0.2, 0.25) is 0 Å². The highest BCUT2D eigenvalue weighted by Crippen LogP contribution is 2.32. The molecule has 1 aromatic heterocycles. The van der Waals surface area contributed by atoms with E-state index in [0.717, 1.165) is 43.9 Å². The van der Waals surface area contributed by atoms with Gasteiger partial charge in [0.15, 0.2) is 0 Å². The van der Waals surface area contributed by atoms with Crippen molar-refractivity contribution in [3.05, 3.63) is 39.0 Å². The molecule has 1 aromatic carbocycles. The molecule has 0 aliphatic carbocycles. The Labute approximate surface area is 141 Å². The molecule has 2 heterocycles. The molecule has 2 aromatic rings. The van der Waals surface area contributed by atoms with Crippen LogP contribution in [0.1, 0.15) is 10.4 Å². The number of halogens is 1. The summed E-state index contributed by atoms with van der Waals surface area (Å²) in [5.41, 5.74) is 10.0. The monoisotopic (exact) mass is 335 g/mol. The number of benzene rings is 1. The zero-order chi connectivity index (χ0) is 15.7. The van der Waals surface area contributed by atoms with E-state index in [1.165, 1.54) is 10.4 Å². The number of hydrogen-bond acceptors (Lipinski definition) is 4. The largest absolute Gasteiger partial charge is 0.397 e. The van der Waals surface area contributed by atoms with E-state index in [1.54, 1.807) is 0 Å². The average Bonchev–Trinajstić information content (AvgIpc) is 2.95. The van der Waals surface area contributed by atoms with Gasteiger partial charge in [-0.1, -0.05) is 11.6 Å². The maximum absolute atomic E-state index is 6.21. The number of piperazine rings is 1. The van der Waals surface area contributed by atoms with Crippen molar-refractivity contribution in [2.75, 3.05) is 39.0 Å². The van der Waals surface area contributed by atoms with Crippen molar-refractivity contribution in [2.45, 2.75) is 13.5 Å². The Balaban J connectivity index is 1.74. The van der Waals surface area contributed by atoms with Crippen LogP contribution in [-0.2, 0) is 6.54 Å². The molecule has 22 heavy (non-hydrogen) atoms. The molecule has 0 unspecified atom stereocenters. The Morgan fingerprint density at radius 1 is 1.14 bits per heavy atom. The molecule has 3 nitrogen and oxygen atoms in total. The number of nitrogens with two attached hydrogens (primary N) is 1. The van der Waals surface area contributed by atoms with Gasteiger partial charge in [0.05, 0.1) is 10.7 Å². The van der Waals surface area contributed by atoms with Gasteiger partial charge in [-0.15, -0.1) is 11.3 Å². The molecule has 118 valence electrons. The number of aryl methyl sites for hydroxylation is 1. The third-order valence-electron chi connectivity index (χ3n) is 4.30. The van der Waals surface area contributed by atoms with E-state index in [1.807, 2.05) is 24.3 Å². The van der Waals surface area contributed by atoms with Crippen LogP contribution in [0, 0.1) is 6.92 Å². The lowest BCUT2D eigenvalue weighted by Crippen LogP contribution is -2.43. The van der Waals surface area contributed by atoms with Crippen LogP contribution in [0.15, 0.2) is 23.6 Å². The Kier molecular flexibility index (Phi) is 4.73. The fraction of sp³-hybridized carbons (Fsp3) is 0.412. The quantitative estimate of drug-likeness (QED) is 0.868. The summed E-state index contributed by atoms with van der Waals surface area (Å²) in [4.78, 5) is 6.32. The van der Waals surface area contributed by atoms with Crippen LogP contribution in [0.2, 0.25) is 5.02 Å². The van der Waals surface area contributed by atoms with E-state index in [9.17, 15) is 0 Å². The first-order valence-corrected chi connectivity index (χ1v) is 8.83. The van der Waals surface area contributed by atoms with E-state index >= 15 is 0 Å². The summed E-state index contributed by atoms with van der Waals surface area (Å²) in [5.74, 6) is 0. The third-order valence-corrected chi connectivity index (χ3v) is 5.53. The third kappa shape index (κ3) is 3.46. The lowest BCUT2D eigenvalue weighted by Gasteiger charge is -2.31. The number of rotatable bonds is 3. The second-order valence-corrected chi connectivity index (χ2v) is 7.47. The van der Waals surface area contributed by atoms with Crippen LogP contribution in [0.4, 0.5) is 5.69 Å². The van der Waals surface area contributed by atoms with E-state index in [2.05, 4.69) is 34.4 Å². The summed E-state index contributed by atoms with van der Waals surface area (Å²) in [7, 11) is 2.19. The molecule has 1 aliphatic rings. The molecule has 5 heteroatoms. The highest BCUT2D eigenvalue weighted by molar-refractivity contribution is 7.10. The van der Waals surface area contributed by atoms with E-state index < -0.39 is 0 Å². The summed E-state index contributed by atoms with van der Waals surface area (Å²) in [6, 6.07) is 6.36. The van der Waals surface area contributed by atoms with Gasteiger partial charge in [-0.05, 0) is 54.2 Å². The minimum absolute atomic E-state index is 0.641. The first-order chi connectivity index (χ1) is 10.5. The summed E-state index contributed by atoms with van der Waals surface area (Å²) in [5, 5.41) is 2.86. The zero-order valence-corrected chi connectivity index (χ0v) is 14.7. The van der Waals surface area contributed by atoms with Crippen LogP contribution in [0.5, 0.6) is 0 Å². The number of nitrogens with zero attached hydrogens (tertiary/aromatic N) is 2. The summed E-state index contributed by atoms with van der Waals surface area (Å²) >= 11 is 8.04. The van der Waals surface area contributed by atoms with Crippen molar-refractivity contribution in [1.82, 2.24) is 9.80 Å². The molecule has 2 N–H and O–H groups in total. The van der Waals surface area contributed by atoms with Crippen LogP contribution < -0.4 is 5.73 Å². The number of thiophene rings is 1.